The van der Waals surface area contributed by atoms with Gasteiger partial charge in [-0.25, -0.2) is 5.43 Å². The molecule has 8 heteroatoms. The second-order valence-corrected chi connectivity index (χ2v) is 7.57. The van der Waals surface area contributed by atoms with Crippen molar-refractivity contribution in [1.29, 1.82) is 0 Å². The molecular weight excluding hydrogens is 454 g/mol. The first-order chi connectivity index (χ1) is 13.9. The van der Waals surface area contributed by atoms with E-state index >= 15 is 0 Å². The summed E-state index contributed by atoms with van der Waals surface area (Å²) < 4.78 is 5.73. The van der Waals surface area contributed by atoms with Crippen LogP contribution in [0, 0.1) is 0 Å². The zero-order valence-corrected chi connectivity index (χ0v) is 17.9. The Kier molecular flexibility index (Phi) is 7.40. The Morgan fingerprint density at radius 1 is 0.931 bits per heavy atom. The van der Waals surface area contributed by atoms with E-state index in [1.165, 1.54) is 18.3 Å². The lowest BCUT2D eigenvalue weighted by molar-refractivity contribution is 0.0955. The lowest BCUT2D eigenvalue weighted by atomic mass is 10.2. The van der Waals surface area contributed by atoms with E-state index in [1.54, 1.807) is 18.2 Å². The Labute approximate surface area is 188 Å². The van der Waals surface area contributed by atoms with E-state index in [1.807, 2.05) is 30.3 Å². The predicted octanol–water partition coefficient (Wildman–Crippen LogP) is 6.64. The van der Waals surface area contributed by atoms with E-state index in [0.29, 0.717) is 33.0 Å². The highest BCUT2D eigenvalue weighted by Crippen LogP contribution is 2.34. The van der Waals surface area contributed by atoms with Gasteiger partial charge in [-0.3, -0.25) is 4.79 Å². The van der Waals surface area contributed by atoms with Crippen molar-refractivity contribution in [3.8, 4) is 5.75 Å². The lowest BCUT2D eigenvalue weighted by Gasteiger charge is -2.11. The van der Waals surface area contributed by atoms with Gasteiger partial charge in [-0.1, -0.05) is 76.7 Å². The number of hydrogen-bond acceptors (Lipinski definition) is 3. The van der Waals surface area contributed by atoms with Crippen LogP contribution in [0.25, 0.3) is 0 Å². The molecule has 0 unspecified atom stereocenters. The van der Waals surface area contributed by atoms with Gasteiger partial charge in [-0.2, -0.15) is 5.10 Å². The minimum Gasteiger partial charge on any atom is -0.486 e. The summed E-state index contributed by atoms with van der Waals surface area (Å²) in [6.45, 7) is 0.339. The van der Waals surface area contributed by atoms with Crippen molar-refractivity contribution in [2.75, 3.05) is 0 Å². The molecule has 0 saturated heterocycles. The van der Waals surface area contributed by atoms with Crippen molar-refractivity contribution in [2.24, 2.45) is 5.10 Å². The van der Waals surface area contributed by atoms with Gasteiger partial charge in [-0.05, 0) is 41.5 Å². The second-order valence-electron chi connectivity index (χ2n) is 5.91. The van der Waals surface area contributed by atoms with Gasteiger partial charge in [0, 0.05) is 5.02 Å². The molecule has 0 atom stereocenters. The Hall–Kier alpha value is -2.24. The number of nitrogens with zero attached hydrogens (tertiary/aromatic N) is 1. The van der Waals surface area contributed by atoms with Crippen LogP contribution < -0.4 is 10.2 Å². The summed E-state index contributed by atoms with van der Waals surface area (Å²) >= 11 is 24.4. The van der Waals surface area contributed by atoms with Crippen molar-refractivity contribution >= 4 is 58.5 Å². The highest BCUT2D eigenvalue weighted by molar-refractivity contribution is 6.38. The number of rotatable bonds is 6. The number of hydrogen-bond donors (Lipinski definition) is 1. The van der Waals surface area contributed by atoms with Gasteiger partial charge < -0.3 is 4.74 Å². The van der Waals surface area contributed by atoms with E-state index < -0.39 is 5.91 Å². The summed E-state index contributed by atoms with van der Waals surface area (Å²) in [7, 11) is 0. The molecule has 0 bridgehead atoms. The normalized spacial score (nSPS) is 10.9. The fraction of sp³-hybridized carbons (Fsp3) is 0.0476. The van der Waals surface area contributed by atoms with Crippen LogP contribution in [-0.4, -0.2) is 12.1 Å². The number of halogens is 4. The van der Waals surface area contributed by atoms with Crippen LogP contribution >= 0.6 is 46.4 Å². The van der Waals surface area contributed by atoms with Crippen molar-refractivity contribution in [2.45, 2.75) is 6.61 Å². The van der Waals surface area contributed by atoms with Crippen LogP contribution in [-0.2, 0) is 6.61 Å². The molecule has 3 rings (SSSR count). The van der Waals surface area contributed by atoms with E-state index in [4.69, 9.17) is 51.1 Å². The number of hydrazone groups is 1. The molecule has 0 aliphatic rings. The fourth-order valence-electron chi connectivity index (χ4n) is 2.42. The number of amides is 1. The molecule has 3 aromatic carbocycles. The van der Waals surface area contributed by atoms with Crippen molar-refractivity contribution < 1.29 is 9.53 Å². The Balaban J connectivity index is 1.66. The van der Waals surface area contributed by atoms with Crippen LogP contribution in [0.3, 0.4) is 0 Å². The first-order valence-electron chi connectivity index (χ1n) is 8.38. The molecule has 3 aromatic rings. The maximum atomic E-state index is 12.2. The van der Waals surface area contributed by atoms with E-state index in [0.717, 1.165) is 5.56 Å². The quantitative estimate of drug-likeness (QED) is 0.326. The van der Waals surface area contributed by atoms with Gasteiger partial charge in [0.15, 0.2) is 5.75 Å². The average molecular weight is 468 g/mol. The highest BCUT2D eigenvalue weighted by atomic mass is 35.5. The molecule has 0 radical (unpaired) electrons. The Bertz CT molecular complexity index is 1030. The summed E-state index contributed by atoms with van der Waals surface area (Å²) in [5.74, 6) is -0.0887. The molecule has 0 spiro atoms. The third-order valence-corrected chi connectivity index (χ3v) is 4.91. The zero-order valence-electron chi connectivity index (χ0n) is 14.8. The maximum Gasteiger partial charge on any atom is 0.272 e. The van der Waals surface area contributed by atoms with Gasteiger partial charge in [0.25, 0.3) is 5.91 Å². The number of nitrogens with one attached hydrogen (secondary N) is 1. The Morgan fingerprint density at radius 2 is 1.62 bits per heavy atom. The molecule has 1 N–H and O–H groups in total. The third kappa shape index (κ3) is 5.87. The molecule has 0 aliphatic carbocycles. The van der Waals surface area contributed by atoms with Gasteiger partial charge in [0.2, 0.25) is 0 Å². The molecule has 0 aromatic heterocycles. The van der Waals surface area contributed by atoms with Crippen molar-refractivity contribution in [3.63, 3.8) is 0 Å². The molecule has 29 heavy (non-hydrogen) atoms. The first-order valence-corrected chi connectivity index (χ1v) is 9.89. The SMILES string of the molecule is O=C(N/N=C\c1cc(Cl)c(OCc2ccccc2)c(Cl)c1)c1ccc(Cl)cc1Cl. The van der Waals surface area contributed by atoms with Gasteiger partial charge in [0.05, 0.1) is 26.8 Å². The number of ether oxygens (including phenoxy) is 1. The van der Waals surface area contributed by atoms with E-state index in [2.05, 4.69) is 10.5 Å². The minimum absolute atomic E-state index is 0.233. The first kappa shape index (κ1) is 21.5. The molecule has 4 nitrogen and oxygen atoms in total. The summed E-state index contributed by atoms with van der Waals surface area (Å²) in [5, 5.41) is 5.25. The standard InChI is InChI=1S/C21H14Cl4N2O2/c22-15-6-7-16(17(23)10-15)21(28)27-26-11-14-8-18(24)20(19(25)9-14)29-12-13-4-2-1-3-5-13/h1-11H,12H2,(H,27,28)/b26-11-. The van der Waals surface area contributed by atoms with Gasteiger partial charge >= 0.3 is 0 Å². The van der Waals surface area contributed by atoms with Crippen LogP contribution in [0.4, 0.5) is 0 Å². The summed E-state index contributed by atoms with van der Waals surface area (Å²) in [6, 6.07) is 17.5. The van der Waals surface area contributed by atoms with Crippen LogP contribution in [0.5, 0.6) is 5.75 Å². The molecule has 0 heterocycles. The number of carbonyl (C=O) groups is 1. The largest absolute Gasteiger partial charge is 0.486 e. The zero-order chi connectivity index (χ0) is 20.8. The fourth-order valence-corrected chi connectivity index (χ4v) is 3.53. The number of benzene rings is 3. The predicted molar refractivity (Wildman–Crippen MR) is 119 cm³/mol. The Morgan fingerprint density at radius 3 is 2.28 bits per heavy atom. The summed E-state index contributed by atoms with van der Waals surface area (Å²) in [6.07, 6.45) is 1.42. The summed E-state index contributed by atoms with van der Waals surface area (Å²) in [5.41, 5.74) is 4.24. The molecule has 1 amide bonds. The molecule has 0 saturated carbocycles. The third-order valence-electron chi connectivity index (χ3n) is 3.80. The van der Waals surface area contributed by atoms with E-state index in [-0.39, 0.29) is 10.6 Å². The van der Waals surface area contributed by atoms with Gasteiger partial charge in [-0.15, -0.1) is 0 Å². The smallest absolute Gasteiger partial charge is 0.272 e. The van der Waals surface area contributed by atoms with Gasteiger partial charge in [0.1, 0.15) is 6.61 Å². The lowest BCUT2D eigenvalue weighted by Crippen LogP contribution is -2.18. The topological polar surface area (TPSA) is 50.7 Å². The van der Waals surface area contributed by atoms with Crippen molar-refractivity contribution in [3.05, 3.63) is 97.4 Å². The maximum absolute atomic E-state index is 12.2. The number of carbonyl (C=O) groups excluding carboxylic acids is 1. The second kappa shape index (κ2) is 9.99. The van der Waals surface area contributed by atoms with Crippen LogP contribution in [0.2, 0.25) is 20.1 Å². The molecular formula is C21H14Cl4N2O2. The molecule has 0 aliphatic heterocycles. The summed E-state index contributed by atoms with van der Waals surface area (Å²) in [4.78, 5) is 12.2. The van der Waals surface area contributed by atoms with Crippen molar-refractivity contribution in [1.82, 2.24) is 5.43 Å². The average Bonchev–Trinajstić information content (AvgIpc) is 2.68. The molecule has 148 valence electrons. The molecule has 0 fully saturated rings. The van der Waals surface area contributed by atoms with E-state index in [9.17, 15) is 4.79 Å². The monoisotopic (exact) mass is 466 g/mol. The minimum atomic E-state index is -0.470. The highest BCUT2D eigenvalue weighted by Gasteiger charge is 2.11. The van der Waals surface area contributed by atoms with Crippen LogP contribution in [0.1, 0.15) is 21.5 Å². The van der Waals surface area contributed by atoms with Crippen LogP contribution in [0.15, 0.2) is 65.8 Å².